The summed E-state index contributed by atoms with van der Waals surface area (Å²) in [5.74, 6) is 1.56. The summed E-state index contributed by atoms with van der Waals surface area (Å²) in [5.41, 5.74) is 2.17. The molecule has 1 fully saturated rings. The van der Waals surface area contributed by atoms with Crippen LogP contribution in [0.3, 0.4) is 0 Å². The summed E-state index contributed by atoms with van der Waals surface area (Å²) in [6.45, 7) is 5.40. The van der Waals surface area contributed by atoms with Gasteiger partial charge in [0.1, 0.15) is 0 Å². The molecule has 1 aromatic carbocycles. The van der Waals surface area contributed by atoms with Gasteiger partial charge in [-0.3, -0.25) is 0 Å². The normalized spacial score (nSPS) is 21.2. The molecule has 2 rings (SSSR count). The van der Waals surface area contributed by atoms with Crippen LogP contribution in [0.15, 0.2) is 36.9 Å². The molecule has 1 aliphatic carbocycles. The van der Waals surface area contributed by atoms with E-state index >= 15 is 0 Å². The maximum Gasteiger partial charge on any atom is 0.0991 e. The quantitative estimate of drug-likeness (QED) is 0.488. The second-order valence-electron chi connectivity index (χ2n) is 6.28. The van der Waals surface area contributed by atoms with Gasteiger partial charge in [-0.25, -0.2) is 0 Å². The molecule has 22 heavy (non-hydrogen) atoms. The van der Waals surface area contributed by atoms with E-state index in [1.54, 1.807) is 0 Å². The first-order chi connectivity index (χ1) is 10.8. The number of hydrogen-bond acceptors (Lipinski definition) is 2. The van der Waals surface area contributed by atoms with E-state index in [9.17, 15) is 0 Å². The predicted molar refractivity (Wildman–Crippen MR) is 90.7 cm³/mol. The highest BCUT2D eigenvalue weighted by Gasteiger charge is 2.21. The van der Waals surface area contributed by atoms with Gasteiger partial charge in [0.2, 0.25) is 0 Å². The minimum absolute atomic E-state index is 0.688. The Morgan fingerprint density at radius 2 is 1.86 bits per heavy atom. The molecule has 0 radical (unpaired) electrons. The lowest BCUT2D eigenvalue weighted by molar-refractivity contribution is 0.128. The third-order valence-corrected chi connectivity index (χ3v) is 4.73. The smallest absolute Gasteiger partial charge is 0.0991 e. The van der Waals surface area contributed by atoms with Gasteiger partial charge in [-0.15, -0.1) is 6.58 Å². The maximum atomic E-state index is 8.86. The topological polar surface area (TPSA) is 33.0 Å². The lowest BCUT2D eigenvalue weighted by atomic mass is 9.77. The zero-order valence-corrected chi connectivity index (χ0v) is 13.5. The minimum atomic E-state index is 0.688. The summed E-state index contributed by atoms with van der Waals surface area (Å²) in [6.07, 6.45) is 10.6. The number of nitrogens with zero attached hydrogens (tertiary/aromatic N) is 1. The van der Waals surface area contributed by atoms with Crippen molar-refractivity contribution < 1.29 is 4.74 Å². The molecule has 1 aromatic rings. The average Bonchev–Trinajstić information content (AvgIpc) is 2.59. The highest BCUT2D eigenvalue weighted by Crippen LogP contribution is 2.37. The van der Waals surface area contributed by atoms with Gasteiger partial charge >= 0.3 is 0 Å². The third kappa shape index (κ3) is 5.31. The first-order valence-corrected chi connectivity index (χ1v) is 8.52. The van der Waals surface area contributed by atoms with Crippen molar-refractivity contribution in [2.75, 3.05) is 13.2 Å². The van der Waals surface area contributed by atoms with Crippen LogP contribution in [0.25, 0.3) is 0 Å². The molecule has 0 aliphatic heterocycles. The van der Waals surface area contributed by atoms with Crippen LogP contribution in [-0.4, -0.2) is 13.2 Å². The van der Waals surface area contributed by atoms with Gasteiger partial charge in [0.15, 0.2) is 0 Å². The number of rotatable bonds is 8. The van der Waals surface area contributed by atoms with Crippen molar-refractivity contribution in [2.24, 2.45) is 5.92 Å². The van der Waals surface area contributed by atoms with E-state index in [0.717, 1.165) is 31.1 Å². The van der Waals surface area contributed by atoms with Crippen LogP contribution < -0.4 is 0 Å². The van der Waals surface area contributed by atoms with Crippen molar-refractivity contribution in [3.8, 4) is 6.07 Å². The van der Waals surface area contributed by atoms with E-state index in [2.05, 4.69) is 24.8 Å². The summed E-state index contributed by atoms with van der Waals surface area (Å²) in [5, 5.41) is 8.86. The fourth-order valence-electron chi connectivity index (χ4n) is 3.36. The molecule has 0 unspecified atom stereocenters. The van der Waals surface area contributed by atoms with Crippen molar-refractivity contribution >= 4 is 0 Å². The van der Waals surface area contributed by atoms with E-state index in [4.69, 9.17) is 10.00 Å². The van der Waals surface area contributed by atoms with Crippen LogP contribution in [0.4, 0.5) is 0 Å². The fraction of sp³-hybridized carbons (Fsp3) is 0.550. The molecule has 0 aromatic heterocycles. The molecule has 0 bridgehead atoms. The van der Waals surface area contributed by atoms with E-state index in [0.29, 0.717) is 5.92 Å². The Kier molecular flexibility index (Phi) is 7.19. The molecule has 0 atom stereocenters. The number of benzene rings is 1. The minimum Gasteiger partial charge on any atom is -0.381 e. The molecule has 2 nitrogen and oxygen atoms in total. The van der Waals surface area contributed by atoms with Crippen LogP contribution in [-0.2, 0) is 4.74 Å². The molecule has 0 heterocycles. The maximum absolute atomic E-state index is 8.86. The van der Waals surface area contributed by atoms with Crippen LogP contribution in [0.5, 0.6) is 0 Å². The molecule has 2 heteroatoms. The number of ether oxygens (including phenoxy) is 1. The SMILES string of the molecule is C=CCCOCCCC1CCC(c2ccc(C#N)cc2)CC1. The van der Waals surface area contributed by atoms with E-state index in [1.807, 2.05) is 18.2 Å². The van der Waals surface area contributed by atoms with Crippen molar-refractivity contribution in [2.45, 2.75) is 50.9 Å². The highest BCUT2D eigenvalue weighted by atomic mass is 16.5. The zero-order chi connectivity index (χ0) is 15.6. The summed E-state index contributed by atoms with van der Waals surface area (Å²) >= 11 is 0. The van der Waals surface area contributed by atoms with Gasteiger partial charge in [-0.05, 0) is 74.5 Å². The largest absolute Gasteiger partial charge is 0.381 e. The van der Waals surface area contributed by atoms with Crippen LogP contribution >= 0.6 is 0 Å². The van der Waals surface area contributed by atoms with Crippen molar-refractivity contribution in [1.29, 1.82) is 5.26 Å². The first-order valence-electron chi connectivity index (χ1n) is 8.52. The highest BCUT2D eigenvalue weighted by molar-refractivity contribution is 5.33. The van der Waals surface area contributed by atoms with Gasteiger partial charge in [-0.2, -0.15) is 5.26 Å². The molecular weight excluding hydrogens is 270 g/mol. The average molecular weight is 297 g/mol. The summed E-state index contributed by atoms with van der Waals surface area (Å²) in [4.78, 5) is 0. The second kappa shape index (κ2) is 9.43. The first kappa shape index (κ1) is 16.8. The molecule has 0 spiro atoms. The molecule has 1 saturated carbocycles. The van der Waals surface area contributed by atoms with E-state index in [1.165, 1.54) is 44.1 Å². The summed E-state index contributed by atoms with van der Waals surface area (Å²) < 4.78 is 5.58. The standard InChI is InChI=1S/C20H27NO/c1-2-3-14-22-15-4-5-17-6-10-19(11-7-17)20-12-8-18(16-21)9-13-20/h2,8-9,12-13,17,19H,1,3-7,10-11,14-15H2. The Labute approximate surface area is 134 Å². The molecule has 0 N–H and O–H groups in total. The van der Waals surface area contributed by atoms with Crippen molar-refractivity contribution in [3.05, 3.63) is 48.0 Å². The number of nitriles is 1. The molecule has 118 valence electrons. The lowest BCUT2D eigenvalue weighted by Crippen LogP contribution is -2.14. The fourth-order valence-corrected chi connectivity index (χ4v) is 3.36. The molecule has 0 amide bonds. The van der Waals surface area contributed by atoms with Gasteiger partial charge in [0.05, 0.1) is 11.6 Å². The van der Waals surface area contributed by atoms with E-state index < -0.39 is 0 Å². The van der Waals surface area contributed by atoms with Crippen LogP contribution in [0, 0.1) is 17.2 Å². The number of hydrogen-bond donors (Lipinski definition) is 0. The molecular formula is C20H27NO. The van der Waals surface area contributed by atoms with Gasteiger partial charge < -0.3 is 4.74 Å². The Hall–Kier alpha value is -1.59. The zero-order valence-electron chi connectivity index (χ0n) is 13.5. The van der Waals surface area contributed by atoms with Crippen LogP contribution in [0.2, 0.25) is 0 Å². The van der Waals surface area contributed by atoms with Gasteiger partial charge in [-0.1, -0.05) is 18.2 Å². The Morgan fingerprint density at radius 1 is 1.14 bits per heavy atom. The molecule has 0 saturated heterocycles. The Balaban J connectivity index is 1.65. The van der Waals surface area contributed by atoms with Crippen LogP contribution in [0.1, 0.15) is 62.0 Å². The molecule has 1 aliphatic rings. The van der Waals surface area contributed by atoms with Crippen molar-refractivity contribution in [1.82, 2.24) is 0 Å². The summed E-state index contributed by atoms with van der Waals surface area (Å²) in [7, 11) is 0. The van der Waals surface area contributed by atoms with Gasteiger partial charge in [0, 0.05) is 13.2 Å². The second-order valence-corrected chi connectivity index (χ2v) is 6.28. The van der Waals surface area contributed by atoms with Gasteiger partial charge in [0.25, 0.3) is 0 Å². The Bertz CT molecular complexity index is 477. The predicted octanol–water partition coefficient (Wildman–Crippen LogP) is 5.20. The lowest BCUT2D eigenvalue weighted by Gasteiger charge is -2.28. The summed E-state index contributed by atoms with van der Waals surface area (Å²) in [6, 6.07) is 10.4. The Morgan fingerprint density at radius 3 is 2.50 bits per heavy atom. The third-order valence-electron chi connectivity index (χ3n) is 4.73. The monoisotopic (exact) mass is 297 g/mol. The van der Waals surface area contributed by atoms with E-state index in [-0.39, 0.29) is 0 Å². The van der Waals surface area contributed by atoms with Crippen molar-refractivity contribution in [3.63, 3.8) is 0 Å².